The first-order valence-corrected chi connectivity index (χ1v) is 6.67. The summed E-state index contributed by atoms with van der Waals surface area (Å²) in [5.74, 6) is -3.36. The molecule has 2 N–H and O–H groups in total. The van der Waals surface area contributed by atoms with Crippen LogP contribution >= 0.6 is 0 Å². The van der Waals surface area contributed by atoms with Gasteiger partial charge >= 0.3 is 6.18 Å². The molecule has 0 spiro atoms. The number of hydrogen-bond acceptors (Lipinski definition) is 2. The molecule has 0 unspecified atom stereocenters. The van der Waals surface area contributed by atoms with E-state index in [4.69, 9.17) is 0 Å². The van der Waals surface area contributed by atoms with Gasteiger partial charge in [-0.1, -0.05) is 18.2 Å². The molecule has 1 saturated heterocycles. The summed E-state index contributed by atoms with van der Waals surface area (Å²) in [5.41, 5.74) is 0.236. The minimum Gasteiger partial charge on any atom is -0.351 e. The molecule has 2 amide bonds. The van der Waals surface area contributed by atoms with Gasteiger partial charge in [-0.15, -0.1) is 0 Å². The summed E-state index contributed by atoms with van der Waals surface area (Å²) in [4.78, 5) is 23.5. The molecule has 4 nitrogen and oxygen atoms in total. The molecule has 2 atom stereocenters. The quantitative estimate of drug-likeness (QED) is 0.660. The van der Waals surface area contributed by atoms with Gasteiger partial charge in [-0.05, 0) is 18.9 Å². The van der Waals surface area contributed by atoms with E-state index in [0.29, 0.717) is 0 Å². The molecular formula is C14H14F4N2O2. The number of hydrogen-bond donors (Lipinski definition) is 2. The van der Waals surface area contributed by atoms with Crippen molar-refractivity contribution >= 4 is 11.8 Å². The number of halogens is 4. The summed E-state index contributed by atoms with van der Waals surface area (Å²) in [5, 5.41) is 4.17. The minimum absolute atomic E-state index is 0.127. The molecule has 1 aromatic rings. The Bertz CT molecular complexity index is 574. The van der Waals surface area contributed by atoms with Gasteiger partial charge in [-0.25, -0.2) is 4.39 Å². The lowest BCUT2D eigenvalue weighted by Gasteiger charge is -2.29. The number of carbonyl (C=O) groups is 2. The molecular weight excluding hydrogens is 304 g/mol. The Kier molecular flexibility index (Phi) is 4.68. The molecule has 120 valence electrons. The summed E-state index contributed by atoms with van der Waals surface area (Å²) in [7, 11) is 0. The number of amides is 2. The molecule has 22 heavy (non-hydrogen) atoms. The topological polar surface area (TPSA) is 58.2 Å². The summed E-state index contributed by atoms with van der Waals surface area (Å²) in [6.07, 6.45) is -5.07. The average Bonchev–Trinajstić information content (AvgIpc) is 2.45. The van der Waals surface area contributed by atoms with Gasteiger partial charge in [-0.2, -0.15) is 13.2 Å². The molecule has 0 aromatic heterocycles. The molecule has 1 aliphatic rings. The lowest BCUT2D eigenvalue weighted by Crippen LogP contribution is -2.54. The molecule has 1 aliphatic heterocycles. The number of carbonyl (C=O) groups excluding carboxylic acids is 2. The lowest BCUT2D eigenvalue weighted by atomic mass is 9.93. The normalized spacial score (nSPS) is 22.1. The van der Waals surface area contributed by atoms with E-state index < -0.39 is 35.8 Å². The zero-order valence-corrected chi connectivity index (χ0v) is 11.4. The number of benzene rings is 1. The highest BCUT2D eigenvalue weighted by Crippen LogP contribution is 2.28. The van der Waals surface area contributed by atoms with Crippen molar-refractivity contribution in [3.8, 4) is 0 Å². The second-order valence-corrected chi connectivity index (χ2v) is 5.04. The van der Waals surface area contributed by atoms with Crippen molar-refractivity contribution in [3.63, 3.8) is 0 Å². The van der Waals surface area contributed by atoms with E-state index in [-0.39, 0.29) is 24.9 Å². The third-order valence-corrected chi connectivity index (χ3v) is 3.50. The van der Waals surface area contributed by atoms with Crippen LogP contribution in [0, 0.1) is 11.7 Å². The van der Waals surface area contributed by atoms with Crippen LogP contribution in [-0.2, 0) is 16.1 Å². The standard InChI is InChI=1S/C14H14F4N2O2/c15-10-4-2-1-3-8(10)7-19-12(21)9-5-6-11(14(16,17)18)20-13(9)22/h1-4,9,11H,5-7H2,(H,19,21)(H,20,22)/t9-,11-/m0/s1. The fraction of sp³-hybridized carbons (Fsp3) is 0.429. The predicted molar refractivity (Wildman–Crippen MR) is 69.0 cm³/mol. The van der Waals surface area contributed by atoms with Crippen LogP contribution in [0.5, 0.6) is 0 Å². The van der Waals surface area contributed by atoms with Crippen molar-refractivity contribution in [2.24, 2.45) is 5.92 Å². The summed E-state index contributed by atoms with van der Waals surface area (Å²) in [6.45, 7) is -0.127. The Labute approximate surface area is 123 Å². The minimum atomic E-state index is -4.52. The van der Waals surface area contributed by atoms with Gasteiger partial charge in [0.1, 0.15) is 17.8 Å². The van der Waals surface area contributed by atoms with Gasteiger partial charge in [0.15, 0.2) is 0 Å². The van der Waals surface area contributed by atoms with Crippen molar-refractivity contribution in [1.29, 1.82) is 0 Å². The second-order valence-electron chi connectivity index (χ2n) is 5.04. The monoisotopic (exact) mass is 318 g/mol. The van der Waals surface area contributed by atoms with Crippen LogP contribution in [-0.4, -0.2) is 24.0 Å². The largest absolute Gasteiger partial charge is 0.408 e. The second kappa shape index (κ2) is 6.33. The van der Waals surface area contributed by atoms with Gasteiger partial charge in [0, 0.05) is 12.1 Å². The maximum Gasteiger partial charge on any atom is 0.408 e. The first kappa shape index (κ1) is 16.3. The van der Waals surface area contributed by atoms with E-state index in [1.54, 1.807) is 11.4 Å². The molecule has 1 heterocycles. The Morgan fingerprint density at radius 3 is 2.55 bits per heavy atom. The van der Waals surface area contributed by atoms with E-state index in [1.807, 2.05) is 0 Å². The fourth-order valence-electron chi connectivity index (χ4n) is 2.25. The third-order valence-electron chi connectivity index (χ3n) is 3.50. The van der Waals surface area contributed by atoms with Crippen molar-refractivity contribution in [2.45, 2.75) is 31.6 Å². The van der Waals surface area contributed by atoms with E-state index in [2.05, 4.69) is 5.32 Å². The van der Waals surface area contributed by atoms with Crippen LogP contribution in [0.2, 0.25) is 0 Å². The van der Waals surface area contributed by atoms with Gasteiger partial charge in [0.05, 0.1) is 0 Å². The highest BCUT2D eigenvalue weighted by molar-refractivity contribution is 6.00. The van der Waals surface area contributed by atoms with Crippen LogP contribution < -0.4 is 10.6 Å². The Hall–Kier alpha value is -2.12. The van der Waals surface area contributed by atoms with Crippen LogP contribution in [0.1, 0.15) is 18.4 Å². The van der Waals surface area contributed by atoms with Crippen LogP contribution in [0.4, 0.5) is 17.6 Å². The first-order chi connectivity index (χ1) is 10.3. The molecule has 0 saturated carbocycles. The van der Waals surface area contributed by atoms with Crippen LogP contribution in [0.25, 0.3) is 0 Å². The van der Waals surface area contributed by atoms with E-state index >= 15 is 0 Å². The van der Waals surface area contributed by atoms with E-state index in [0.717, 1.165) is 0 Å². The average molecular weight is 318 g/mol. The molecule has 1 fully saturated rings. The third kappa shape index (κ3) is 3.75. The van der Waals surface area contributed by atoms with Gasteiger partial charge in [0.25, 0.3) is 0 Å². The fourth-order valence-corrected chi connectivity index (χ4v) is 2.25. The molecule has 0 radical (unpaired) electrons. The summed E-state index contributed by atoms with van der Waals surface area (Å²) >= 11 is 0. The maximum atomic E-state index is 13.4. The molecule has 1 aromatic carbocycles. The van der Waals surface area contributed by atoms with Crippen molar-refractivity contribution in [1.82, 2.24) is 10.6 Å². The number of piperidine rings is 1. The maximum absolute atomic E-state index is 13.4. The van der Waals surface area contributed by atoms with Crippen LogP contribution in [0.15, 0.2) is 24.3 Å². The SMILES string of the molecule is O=C(NCc1ccccc1F)[C@@H]1CC[C@@H](C(F)(F)F)NC1=O. The van der Waals surface area contributed by atoms with Crippen molar-refractivity contribution in [3.05, 3.63) is 35.6 Å². The van der Waals surface area contributed by atoms with Crippen LogP contribution in [0.3, 0.4) is 0 Å². The first-order valence-electron chi connectivity index (χ1n) is 6.67. The van der Waals surface area contributed by atoms with Crippen molar-refractivity contribution < 1.29 is 27.2 Å². The molecule has 2 rings (SSSR count). The smallest absolute Gasteiger partial charge is 0.351 e. The summed E-state index contributed by atoms with van der Waals surface area (Å²) < 4.78 is 50.9. The molecule has 0 bridgehead atoms. The highest BCUT2D eigenvalue weighted by Gasteiger charge is 2.45. The zero-order chi connectivity index (χ0) is 16.3. The number of nitrogens with one attached hydrogen (secondary N) is 2. The number of alkyl halides is 3. The lowest BCUT2D eigenvalue weighted by molar-refractivity contribution is -0.171. The van der Waals surface area contributed by atoms with E-state index in [9.17, 15) is 27.2 Å². The van der Waals surface area contributed by atoms with Crippen molar-refractivity contribution in [2.75, 3.05) is 0 Å². The summed E-state index contributed by atoms with van der Waals surface area (Å²) in [6, 6.07) is 3.85. The van der Waals surface area contributed by atoms with Gasteiger partial charge < -0.3 is 10.6 Å². The van der Waals surface area contributed by atoms with E-state index in [1.165, 1.54) is 18.2 Å². The Balaban J connectivity index is 1.91. The number of rotatable bonds is 3. The Morgan fingerprint density at radius 1 is 1.27 bits per heavy atom. The zero-order valence-electron chi connectivity index (χ0n) is 11.4. The molecule has 8 heteroatoms. The Morgan fingerprint density at radius 2 is 1.95 bits per heavy atom. The predicted octanol–water partition coefficient (Wildman–Crippen LogP) is 1.90. The van der Waals surface area contributed by atoms with Gasteiger partial charge in [-0.3, -0.25) is 9.59 Å². The molecule has 0 aliphatic carbocycles. The highest BCUT2D eigenvalue weighted by atomic mass is 19.4. The van der Waals surface area contributed by atoms with Gasteiger partial charge in [0.2, 0.25) is 11.8 Å².